The molecule has 0 radical (unpaired) electrons. The van der Waals surface area contributed by atoms with E-state index in [1.807, 2.05) is 6.92 Å². The van der Waals surface area contributed by atoms with Gasteiger partial charge in [-0.2, -0.15) is 0 Å². The van der Waals surface area contributed by atoms with Crippen LogP contribution in [0.25, 0.3) is 0 Å². The average Bonchev–Trinajstić information content (AvgIpc) is 2.99. The van der Waals surface area contributed by atoms with Gasteiger partial charge in [-0.25, -0.2) is 4.79 Å². The van der Waals surface area contributed by atoms with Gasteiger partial charge in [-0.1, -0.05) is 26.0 Å². The van der Waals surface area contributed by atoms with Crippen molar-refractivity contribution in [2.24, 2.45) is 17.1 Å². The summed E-state index contributed by atoms with van der Waals surface area (Å²) in [4.78, 5) is 76.6. The Labute approximate surface area is 257 Å². The fourth-order valence-corrected chi connectivity index (χ4v) is 4.83. The molecular formula is C30H46N6O8. The van der Waals surface area contributed by atoms with Gasteiger partial charge in [0, 0.05) is 38.2 Å². The van der Waals surface area contributed by atoms with Crippen molar-refractivity contribution in [2.45, 2.75) is 78.0 Å². The number of piperidine rings is 1. The van der Waals surface area contributed by atoms with Gasteiger partial charge in [0.05, 0.1) is 19.1 Å². The smallest absolute Gasteiger partial charge is 0.312 e. The van der Waals surface area contributed by atoms with Crippen molar-refractivity contribution in [3.8, 4) is 0 Å². The molecule has 244 valence electrons. The molecule has 1 fully saturated rings. The molecule has 1 saturated heterocycles. The summed E-state index contributed by atoms with van der Waals surface area (Å²) in [5, 5.41) is 19.8. The number of nitrogens with two attached hydrogens (primary N) is 1. The van der Waals surface area contributed by atoms with E-state index in [4.69, 9.17) is 10.5 Å². The van der Waals surface area contributed by atoms with Crippen LogP contribution in [0.15, 0.2) is 24.3 Å². The van der Waals surface area contributed by atoms with Gasteiger partial charge in [0.1, 0.15) is 12.1 Å². The molecule has 1 heterocycles. The predicted molar refractivity (Wildman–Crippen MR) is 162 cm³/mol. The molecule has 1 aromatic rings. The quantitative estimate of drug-likeness (QED) is 0.122. The van der Waals surface area contributed by atoms with Crippen molar-refractivity contribution in [2.75, 3.05) is 32.1 Å². The highest BCUT2D eigenvalue weighted by Gasteiger charge is 2.39. The summed E-state index contributed by atoms with van der Waals surface area (Å²) < 4.78 is 4.87. The first-order valence-corrected chi connectivity index (χ1v) is 14.8. The first-order valence-electron chi connectivity index (χ1n) is 14.8. The molecule has 1 aromatic carbocycles. The van der Waals surface area contributed by atoms with Gasteiger partial charge in [-0.15, -0.1) is 0 Å². The second-order valence-electron chi connectivity index (χ2n) is 11.6. The zero-order valence-corrected chi connectivity index (χ0v) is 25.9. The number of amides is 6. The third kappa shape index (κ3) is 11.1. The van der Waals surface area contributed by atoms with Gasteiger partial charge in [-0.05, 0) is 56.2 Å². The van der Waals surface area contributed by atoms with Crippen LogP contribution in [-0.4, -0.2) is 84.5 Å². The summed E-state index contributed by atoms with van der Waals surface area (Å²) in [5.41, 5.74) is 5.60. The molecule has 44 heavy (non-hydrogen) atoms. The number of nitrogens with one attached hydrogen (secondary N) is 4. The number of benzene rings is 1. The van der Waals surface area contributed by atoms with Gasteiger partial charge >= 0.3 is 12.0 Å². The van der Waals surface area contributed by atoms with Crippen LogP contribution in [0, 0.1) is 11.3 Å². The van der Waals surface area contributed by atoms with Crippen molar-refractivity contribution >= 4 is 41.3 Å². The lowest BCUT2D eigenvalue weighted by molar-refractivity contribution is -0.156. The Bertz CT molecular complexity index is 1160. The third-order valence-corrected chi connectivity index (χ3v) is 7.74. The number of rotatable bonds is 15. The van der Waals surface area contributed by atoms with Gasteiger partial charge < -0.3 is 41.7 Å². The molecule has 0 unspecified atom stereocenters. The first kappa shape index (κ1) is 36.0. The second-order valence-corrected chi connectivity index (χ2v) is 11.6. The maximum absolute atomic E-state index is 13.3. The summed E-state index contributed by atoms with van der Waals surface area (Å²) in [5.74, 6) is -2.42. The normalized spacial score (nSPS) is 15.5. The van der Waals surface area contributed by atoms with Crippen LogP contribution >= 0.6 is 0 Å². The van der Waals surface area contributed by atoms with Crippen molar-refractivity contribution in [3.05, 3.63) is 29.8 Å². The molecule has 0 aliphatic carbocycles. The highest BCUT2D eigenvalue weighted by molar-refractivity contribution is 5.98. The number of carbonyl (C=O) groups excluding carboxylic acids is 6. The minimum absolute atomic E-state index is 0.0554. The van der Waals surface area contributed by atoms with Crippen molar-refractivity contribution in [1.29, 1.82) is 0 Å². The zero-order chi connectivity index (χ0) is 32.9. The van der Waals surface area contributed by atoms with Crippen LogP contribution < -0.4 is 27.0 Å². The first-order chi connectivity index (χ1) is 20.8. The predicted octanol–water partition coefficient (Wildman–Crippen LogP) is 0.773. The van der Waals surface area contributed by atoms with Crippen LogP contribution in [0.3, 0.4) is 0 Å². The van der Waals surface area contributed by atoms with Crippen molar-refractivity contribution in [1.82, 2.24) is 20.9 Å². The van der Waals surface area contributed by atoms with Gasteiger partial charge in [0.2, 0.25) is 23.6 Å². The summed E-state index contributed by atoms with van der Waals surface area (Å²) in [6, 6.07) is 3.87. The Morgan fingerprint density at radius 3 is 2.18 bits per heavy atom. The van der Waals surface area contributed by atoms with E-state index in [0.29, 0.717) is 43.6 Å². The number of urea groups is 1. The van der Waals surface area contributed by atoms with E-state index in [0.717, 1.165) is 0 Å². The van der Waals surface area contributed by atoms with Gasteiger partial charge in [0.25, 0.3) is 0 Å². The summed E-state index contributed by atoms with van der Waals surface area (Å²) >= 11 is 0. The minimum atomic E-state index is -0.996. The largest absolute Gasteiger partial charge is 0.469 e. The van der Waals surface area contributed by atoms with Crippen LogP contribution in [0.5, 0.6) is 0 Å². The fourth-order valence-electron chi connectivity index (χ4n) is 4.83. The van der Waals surface area contributed by atoms with Crippen LogP contribution in [0.1, 0.15) is 64.9 Å². The molecule has 0 bridgehead atoms. The number of aliphatic hydroxyl groups excluding tert-OH is 1. The molecule has 2 atom stereocenters. The number of nitrogens with zero attached hydrogens (tertiary/aromatic N) is 1. The van der Waals surface area contributed by atoms with Crippen LogP contribution in [0.2, 0.25) is 0 Å². The maximum Gasteiger partial charge on any atom is 0.312 e. The molecule has 6 amide bonds. The SMILES string of the molecule is COC(=O)C1(C)CCN(C(=O)CCC(=O)N[C@H](C(=O)N[C@@H](CCCNC(N)=O)C(=O)Nc2ccc(CO)cc2)C(C)C)CC1. The van der Waals surface area contributed by atoms with E-state index in [2.05, 4.69) is 21.3 Å². The lowest BCUT2D eigenvalue weighted by Gasteiger charge is -2.37. The molecular weight excluding hydrogens is 572 g/mol. The van der Waals surface area contributed by atoms with Crippen LogP contribution in [0.4, 0.5) is 10.5 Å². The number of methoxy groups -OCH3 is 1. The van der Waals surface area contributed by atoms with E-state index >= 15 is 0 Å². The number of hydrogen-bond acceptors (Lipinski definition) is 8. The molecule has 1 aliphatic heterocycles. The Kier molecular flexibility index (Phi) is 14.1. The monoisotopic (exact) mass is 618 g/mol. The summed E-state index contributed by atoms with van der Waals surface area (Å²) in [6.45, 7) is 6.11. The molecule has 14 nitrogen and oxygen atoms in total. The minimum Gasteiger partial charge on any atom is -0.469 e. The number of likely N-dealkylation sites (tertiary alicyclic amines) is 1. The van der Waals surface area contributed by atoms with Crippen molar-refractivity contribution in [3.63, 3.8) is 0 Å². The topological polar surface area (TPSA) is 209 Å². The number of ether oxygens (including phenoxy) is 1. The number of esters is 1. The molecule has 0 spiro atoms. The number of hydrogen-bond donors (Lipinski definition) is 6. The highest BCUT2D eigenvalue weighted by atomic mass is 16.5. The lowest BCUT2D eigenvalue weighted by Crippen LogP contribution is -2.54. The number of primary amides is 1. The summed E-state index contributed by atoms with van der Waals surface area (Å²) in [6.07, 6.45) is 1.25. The lowest BCUT2D eigenvalue weighted by atomic mass is 9.80. The van der Waals surface area contributed by atoms with E-state index < -0.39 is 41.3 Å². The average molecular weight is 619 g/mol. The number of anilines is 1. The van der Waals surface area contributed by atoms with E-state index in [9.17, 15) is 33.9 Å². The Hall–Kier alpha value is -4.20. The molecule has 1 aliphatic rings. The summed E-state index contributed by atoms with van der Waals surface area (Å²) in [7, 11) is 1.34. The maximum atomic E-state index is 13.3. The molecule has 0 saturated carbocycles. The van der Waals surface area contributed by atoms with Gasteiger partial charge in [0.15, 0.2) is 0 Å². The number of carbonyl (C=O) groups is 6. The molecule has 7 N–H and O–H groups in total. The fraction of sp³-hybridized carbons (Fsp3) is 0.600. The van der Waals surface area contributed by atoms with Gasteiger partial charge in [-0.3, -0.25) is 24.0 Å². The standard InChI is InChI=1S/C30H46N6O8/c1-19(2)25(35-23(38)11-12-24(39)36-16-13-30(3,14-17-36)28(42)44-4)27(41)34-22(6-5-15-32-29(31)43)26(40)33-21-9-7-20(18-37)8-10-21/h7-10,19,22,25,37H,5-6,11-18H2,1-4H3,(H,33,40)(H,34,41)(H,35,38)(H3,31,32,43)/t22-,25-/m0/s1. The van der Waals surface area contributed by atoms with Crippen LogP contribution in [-0.2, 0) is 35.3 Å². The Morgan fingerprint density at radius 2 is 1.64 bits per heavy atom. The van der Waals surface area contributed by atoms with E-state index in [-0.39, 0.29) is 50.2 Å². The highest BCUT2D eigenvalue weighted by Crippen LogP contribution is 2.32. The molecule has 14 heteroatoms. The Morgan fingerprint density at radius 1 is 1.00 bits per heavy atom. The molecule has 0 aromatic heterocycles. The Balaban J connectivity index is 1.98. The van der Waals surface area contributed by atoms with E-state index in [1.54, 1.807) is 43.0 Å². The van der Waals surface area contributed by atoms with Crippen molar-refractivity contribution < 1.29 is 38.6 Å². The second kappa shape index (κ2) is 17.2. The number of aliphatic hydroxyl groups is 1. The zero-order valence-electron chi connectivity index (χ0n) is 25.9. The van der Waals surface area contributed by atoms with E-state index in [1.165, 1.54) is 7.11 Å². The molecule has 2 rings (SSSR count). The third-order valence-electron chi connectivity index (χ3n) is 7.74.